The number of pyridine rings is 1. The first-order chi connectivity index (χ1) is 9.63. The number of hydrogen-bond acceptors (Lipinski definition) is 3. The molecule has 0 spiro atoms. The average Bonchev–Trinajstić information content (AvgIpc) is 2.48. The van der Waals surface area contributed by atoms with Crippen molar-refractivity contribution >= 4 is 5.97 Å². The van der Waals surface area contributed by atoms with Crippen LogP contribution in [0.2, 0.25) is 0 Å². The second kappa shape index (κ2) is 6.28. The Kier molecular flexibility index (Phi) is 4.45. The van der Waals surface area contributed by atoms with Gasteiger partial charge < -0.3 is 4.74 Å². The average molecular weight is 273 g/mol. The Morgan fingerprint density at radius 1 is 1.35 bits per heavy atom. The standard InChI is InChI=1S/C16H16FNO2/c1-3-20-16(19)15(17)13-10-12(8-7-11(13)2)14-6-4-5-9-18-14/h4-10,15H,3H2,1-2H3. The molecule has 0 aliphatic rings. The van der Waals surface area contributed by atoms with Crippen LogP contribution in [0.5, 0.6) is 0 Å². The number of hydrogen-bond donors (Lipinski definition) is 0. The number of benzene rings is 1. The summed E-state index contributed by atoms with van der Waals surface area (Å²) in [5, 5.41) is 0. The summed E-state index contributed by atoms with van der Waals surface area (Å²) in [6.45, 7) is 3.59. The van der Waals surface area contributed by atoms with Crippen LogP contribution < -0.4 is 0 Å². The minimum absolute atomic E-state index is 0.165. The van der Waals surface area contributed by atoms with Crippen LogP contribution in [-0.4, -0.2) is 17.6 Å². The molecule has 0 N–H and O–H groups in total. The minimum Gasteiger partial charge on any atom is -0.464 e. The van der Waals surface area contributed by atoms with Crippen molar-refractivity contribution < 1.29 is 13.9 Å². The lowest BCUT2D eigenvalue weighted by molar-refractivity contribution is -0.149. The number of nitrogens with zero attached hydrogens (tertiary/aromatic N) is 1. The lowest BCUT2D eigenvalue weighted by Crippen LogP contribution is -2.13. The van der Waals surface area contributed by atoms with Gasteiger partial charge in [0.1, 0.15) is 0 Å². The first-order valence-corrected chi connectivity index (χ1v) is 6.46. The van der Waals surface area contributed by atoms with Crippen LogP contribution in [0.1, 0.15) is 24.2 Å². The van der Waals surface area contributed by atoms with Gasteiger partial charge in [-0.2, -0.15) is 0 Å². The Hall–Kier alpha value is -2.23. The van der Waals surface area contributed by atoms with E-state index in [4.69, 9.17) is 4.74 Å². The van der Waals surface area contributed by atoms with Gasteiger partial charge in [-0.3, -0.25) is 4.98 Å². The van der Waals surface area contributed by atoms with Crippen molar-refractivity contribution in [3.8, 4) is 11.3 Å². The van der Waals surface area contributed by atoms with Gasteiger partial charge in [-0.1, -0.05) is 18.2 Å². The van der Waals surface area contributed by atoms with E-state index in [0.29, 0.717) is 11.1 Å². The van der Waals surface area contributed by atoms with Crippen molar-refractivity contribution in [2.75, 3.05) is 6.61 Å². The normalized spacial score (nSPS) is 11.9. The van der Waals surface area contributed by atoms with Gasteiger partial charge in [-0.15, -0.1) is 0 Å². The Morgan fingerprint density at radius 2 is 2.15 bits per heavy atom. The quantitative estimate of drug-likeness (QED) is 0.798. The molecule has 2 rings (SSSR count). The Morgan fingerprint density at radius 3 is 2.80 bits per heavy atom. The van der Waals surface area contributed by atoms with Crippen LogP contribution >= 0.6 is 0 Å². The molecule has 2 aromatic rings. The van der Waals surface area contributed by atoms with Gasteiger partial charge in [-0.05, 0) is 37.6 Å². The van der Waals surface area contributed by atoms with Crippen LogP contribution in [0.25, 0.3) is 11.3 Å². The summed E-state index contributed by atoms with van der Waals surface area (Å²) in [6.07, 6.45) is -0.0914. The van der Waals surface area contributed by atoms with E-state index in [9.17, 15) is 9.18 Å². The Bertz CT molecular complexity index is 599. The van der Waals surface area contributed by atoms with Crippen molar-refractivity contribution in [3.63, 3.8) is 0 Å². The molecule has 0 saturated carbocycles. The molecule has 0 aliphatic carbocycles. The zero-order chi connectivity index (χ0) is 14.5. The topological polar surface area (TPSA) is 39.2 Å². The summed E-state index contributed by atoms with van der Waals surface area (Å²) >= 11 is 0. The van der Waals surface area contributed by atoms with Gasteiger partial charge in [0.2, 0.25) is 6.17 Å². The summed E-state index contributed by atoms with van der Waals surface area (Å²) in [6, 6.07) is 10.8. The third kappa shape index (κ3) is 3.02. The fraction of sp³-hybridized carbons (Fsp3) is 0.250. The molecule has 4 heteroatoms. The molecule has 1 aromatic carbocycles. The Balaban J connectivity index is 2.37. The molecule has 0 fully saturated rings. The lowest BCUT2D eigenvalue weighted by Gasteiger charge is -2.12. The summed E-state index contributed by atoms with van der Waals surface area (Å²) < 4.78 is 18.9. The molecule has 20 heavy (non-hydrogen) atoms. The highest BCUT2D eigenvalue weighted by Gasteiger charge is 2.23. The highest BCUT2D eigenvalue weighted by atomic mass is 19.1. The summed E-state index contributed by atoms with van der Waals surface area (Å²) in [5.74, 6) is -0.853. The number of aromatic nitrogens is 1. The van der Waals surface area contributed by atoms with Gasteiger partial charge >= 0.3 is 5.97 Å². The van der Waals surface area contributed by atoms with E-state index < -0.39 is 12.1 Å². The molecule has 0 bridgehead atoms. The fourth-order valence-corrected chi connectivity index (χ4v) is 1.95. The number of carbonyl (C=O) groups is 1. The monoisotopic (exact) mass is 273 g/mol. The zero-order valence-corrected chi connectivity index (χ0v) is 11.5. The van der Waals surface area contributed by atoms with Gasteiger partial charge in [0.05, 0.1) is 12.3 Å². The van der Waals surface area contributed by atoms with Gasteiger partial charge in [0, 0.05) is 17.3 Å². The minimum atomic E-state index is -1.77. The number of aryl methyl sites for hydroxylation is 1. The number of rotatable bonds is 4. The first kappa shape index (κ1) is 14.2. The van der Waals surface area contributed by atoms with E-state index in [1.807, 2.05) is 24.3 Å². The fourth-order valence-electron chi connectivity index (χ4n) is 1.95. The molecular formula is C16H16FNO2. The van der Waals surface area contributed by atoms with E-state index in [0.717, 1.165) is 11.3 Å². The molecule has 1 unspecified atom stereocenters. The second-order valence-electron chi connectivity index (χ2n) is 4.40. The van der Waals surface area contributed by atoms with E-state index in [1.165, 1.54) is 0 Å². The van der Waals surface area contributed by atoms with E-state index >= 15 is 0 Å². The maximum absolute atomic E-state index is 14.2. The molecule has 0 aliphatic heterocycles. The molecule has 0 radical (unpaired) electrons. The summed E-state index contributed by atoms with van der Waals surface area (Å²) in [5.41, 5.74) is 2.56. The summed E-state index contributed by atoms with van der Waals surface area (Å²) in [7, 11) is 0. The van der Waals surface area contributed by atoms with Crippen LogP contribution in [-0.2, 0) is 9.53 Å². The van der Waals surface area contributed by atoms with Crippen LogP contribution in [0.15, 0.2) is 42.6 Å². The third-order valence-electron chi connectivity index (χ3n) is 3.01. The molecule has 3 nitrogen and oxygen atoms in total. The van der Waals surface area contributed by atoms with Crippen LogP contribution in [0, 0.1) is 6.92 Å². The number of alkyl halides is 1. The van der Waals surface area contributed by atoms with Crippen LogP contribution in [0.3, 0.4) is 0 Å². The van der Waals surface area contributed by atoms with Crippen LogP contribution in [0.4, 0.5) is 4.39 Å². The SMILES string of the molecule is CCOC(=O)C(F)c1cc(-c2ccccn2)ccc1C. The molecule has 0 saturated heterocycles. The number of ether oxygens (including phenoxy) is 1. The maximum Gasteiger partial charge on any atom is 0.345 e. The van der Waals surface area contributed by atoms with Gasteiger partial charge in [0.15, 0.2) is 0 Å². The van der Waals surface area contributed by atoms with Crippen molar-refractivity contribution in [2.45, 2.75) is 20.0 Å². The maximum atomic E-state index is 14.2. The molecular weight excluding hydrogens is 257 g/mol. The second-order valence-corrected chi connectivity index (χ2v) is 4.40. The molecule has 1 aromatic heterocycles. The van der Waals surface area contributed by atoms with Crippen molar-refractivity contribution in [3.05, 3.63) is 53.7 Å². The van der Waals surface area contributed by atoms with E-state index in [2.05, 4.69) is 4.98 Å². The first-order valence-electron chi connectivity index (χ1n) is 6.46. The van der Waals surface area contributed by atoms with Gasteiger partial charge in [-0.25, -0.2) is 9.18 Å². The van der Waals surface area contributed by atoms with Crippen molar-refractivity contribution in [1.29, 1.82) is 0 Å². The zero-order valence-electron chi connectivity index (χ0n) is 11.5. The van der Waals surface area contributed by atoms with Crippen molar-refractivity contribution in [2.24, 2.45) is 0 Å². The molecule has 0 amide bonds. The lowest BCUT2D eigenvalue weighted by atomic mass is 9.99. The Labute approximate surface area is 117 Å². The highest BCUT2D eigenvalue weighted by Crippen LogP contribution is 2.27. The van der Waals surface area contributed by atoms with E-state index in [1.54, 1.807) is 32.2 Å². The van der Waals surface area contributed by atoms with Crippen molar-refractivity contribution in [1.82, 2.24) is 4.98 Å². The predicted octanol–water partition coefficient (Wildman–Crippen LogP) is 3.63. The smallest absolute Gasteiger partial charge is 0.345 e. The largest absolute Gasteiger partial charge is 0.464 e. The summed E-state index contributed by atoms with van der Waals surface area (Å²) in [4.78, 5) is 15.8. The highest BCUT2D eigenvalue weighted by molar-refractivity contribution is 5.78. The predicted molar refractivity (Wildman–Crippen MR) is 74.9 cm³/mol. The molecule has 104 valence electrons. The third-order valence-corrected chi connectivity index (χ3v) is 3.01. The van der Waals surface area contributed by atoms with Gasteiger partial charge in [0.25, 0.3) is 0 Å². The number of halogens is 1. The molecule has 1 heterocycles. The number of carbonyl (C=O) groups excluding carboxylic acids is 1. The molecule has 1 atom stereocenters. The number of esters is 1. The van der Waals surface area contributed by atoms with E-state index in [-0.39, 0.29) is 6.61 Å².